The van der Waals surface area contributed by atoms with Gasteiger partial charge in [-0.2, -0.15) is 12.6 Å². The van der Waals surface area contributed by atoms with Crippen molar-refractivity contribution in [1.82, 2.24) is 9.97 Å². The summed E-state index contributed by atoms with van der Waals surface area (Å²) in [5.41, 5.74) is 7.33. The highest BCUT2D eigenvalue weighted by atomic mass is 32.2. The Labute approximate surface area is 102 Å². The van der Waals surface area contributed by atoms with Gasteiger partial charge in [-0.15, -0.1) is 0 Å². The summed E-state index contributed by atoms with van der Waals surface area (Å²) in [4.78, 5) is 18.9. The molecule has 2 rings (SSSR count). The molecule has 4 nitrogen and oxygen atoms in total. The number of para-hydroxylation sites is 2. The first kappa shape index (κ1) is 11.5. The van der Waals surface area contributed by atoms with Gasteiger partial charge in [-0.1, -0.05) is 12.1 Å². The zero-order chi connectivity index (χ0) is 11.5. The van der Waals surface area contributed by atoms with Crippen LogP contribution < -0.4 is 5.73 Å². The molecule has 0 aliphatic heterocycles. The lowest BCUT2D eigenvalue weighted by molar-refractivity contribution is -0.111. The minimum Gasteiger partial charge on any atom is -0.333 e. The minimum atomic E-state index is -0.554. The lowest BCUT2D eigenvalue weighted by Gasteiger charge is -2.03. The highest BCUT2D eigenvalue weighted by Crippen LogP contribution is 2.20. The molecule has 0 saturated carbocycles. The van der Waals surface area contributed by atoms with Crippen LogP contribution in [0.4, 0.5) is 0 Å². The number of fused-ring (bicyclic) bond motifs is 1. The lowest BCUT2D eigenvalue weighted by Crippen LogP contribution is -2.29. The Kier molecular flexibility index (Phi) is 3.52. The van der Waals surface area contributed by atoms with Crippen LogP contribution in [0.1, 0.15) is 0 Å². The van der Waals surface area contributed by atoms with E-state index in [1.54, 1.807) is 0 Å². The number of carbonyl (C=O) groups is 1. The van der Waals surface area contributed by atoms with Crippen LogP contribution in [0.25, 0.3) is 11.0 Å². The van der Waals surface area contributed by atoms with Gasteiger partial charge in [0.15, 0.2) is 5.16 Å². The fraction of sp³-hybridized carbons (Fsp3) is 0.200. The third-order valence-corrected chi connectivity index (χ3v) is 3.35. The number of benzene rings is 1. The molecule has 1 aromatic carbocycles. The number of imidazole rings is 1. The number of nitrogens with zero attached hydrogens (tertiary/aromatic N) is 1. The molecular weight excluding hydrogens is 242 g/mol. The van der Waals surface area contributed by atoms with Gasteiger partial charge in [0.25, 0.3) is 0 Å². The molecule has 2 aromatic rings. The summed E-state index contributed by atoms with van der Waals surface area (Å²) in [7, 11) is 0. The van der Waals surface area contributed by atoms with Crippen molar-refractivity contribution in [3.8, 4) is 0 Å². The van der Waals surface area contributed by atoms with Gasteiger partial charge in [0.05, 0.1) is 17.1 Å². The van der Waals surface area contributed by atoms with Crippen molar-refractivity contribution in [3.63, 3.8) is 0 Å². The Balaban J connectivity index is 2.18. The zero-order valence-electron chi connectivity index (χ0n) is 8.38. The second kappa shape index (κ2) is 4.90. The van der Waals surface area contributed by atoms with Gasteiger partial charge in [-0.3, -0.25) is 4.79 Å². The molecule has 0 saturated heterocycles. The Morgan fingerprint density at radius 3 is 3.00 bits per heavy atom. The molecule has 0 aliphatic carbocycles. The Bertz CT molecular complexity index is 478. The van der Waals surface area contributed by atoms with Crippen LogP contribution in [0, 0.1) is 0 Å². The number of carbonyl (C=O) groups excluding carboxylic acids is 1. The largest absolute Gasteiger partial charge is 0.333 e. The maximum Gasteiger partial charge on any atom is 0.214 e. The third-order valence-electron chi connectivity index (χ3n) is 2.06. The number of rotatable bonds is 3. The first-order valence-corrected chi connectivity index (χ1v) is 6.18. The molecule has 0 radical (unpaired) electrons. The predicted octanol–water partition coefficient (Wildman–Crippen LogP) is 1.44. The number of thioether (sulfide) groups is 1. The van der Waals surface area contributed by atoms with Crippen molar-refractivity contribution in [2.75, 3.05) is 5.75 Å². The highest BCUT2D eigenvalue weighted by molar-refractivity contribution is 8.13. The summed E-state index contributed by atoms with van der Waals surface area (Å²) >= 11 is 5.00. The van der Waals surface area contributed by atoms with Gasteiger partial charge >= 0.3 is 0 Å². The SMILES string of the molecule is N[C@H](CS)C(=O)Sc1nc2ccccc2[nH]1. The summed E-state index contributed by atoms with van der Waals surface area (Å²) in [6.07, 6.45) is 0. The van der Waals surface area contributed by atoms with Crippen LogP contribution >= 0.6 is 24.4 Å². The molecule has 16 heavy (non-hydrogen) atoms. The fourth-order valence-corrected chi connectivity index (χ4v) is 2.24. The number of hydrogen-bond donors (Lipinski definition) is 3. The summed E-state index contributed by atoms with van der Waals surface area (Å²) in [5.74, 6) is 0.339. The van der Waals surface area contributed by atoms with Gasteiger partial charge in [0, 0.05) is 5.75 Å². The van der Waals surface area contributed by atoms with Crippen molar-refractivity contribution < 1.29 is 4.79 Å². The first-order chi connectivity index (χ1) is 7.70. The normalized spacial score (nSPS) is 12.9. The number of hydrogen-bond acceptors (Lipinski definition) is 5. The second-order valence-corrected chi connectivity index (χ2v) is 4.63. The first-order valence-electron chi connectivity index (χ1n) is 4.73. The summed E-state index contributed by atoms with van der Waals surface area (Å²) in [6, 6.07) is 7.06. The molecule has 0 aliphatic rings. The second-order valence-electron chi connectivity index (χ2n) is 3.27. The molecule has 1 heterocycles. The van der Waals surface area contributed by atoms with Gasteiger partial charge in [-0.25, -0.2) is 4.98 Å². The van der Waals surface area contributed by atoms with Crippen LogP contribution in [0.2, 0.25) is 0 Å². The molecule has 6 heteroatoms. The minimum absolute atomic E-state index is 0.131. The summed E-state index contributed by atoms with van der Waals surface area (Å²) in [6.45, 7) is 0. The average Bonchev–Trinajstić information content (AvgIpc) is 2.69. The van der Waals surface area contributed by atoms with E-state index >= 15 is 0 Å². The van der Waals surface area contributed by atoms with E-state index in [2.05, 4.69) is 22.6 Å². The van der Waals surface area contributed by atoms with Crippen LogP contribution in [-0.2, 0) is 4.79 Å². The molecule has 3 N–H and O–H groups in total. The molecule has 1 aromatic heterocycles. The van der Waals surface area contributed by atoms with E-state index < -0.39 is 6.04 Å². The summed E-state index contributed by atoms with van der Waals surface area (Å²) in [5, 5.41) is 0.442. The van der Waals surface area contributed by atoms with Crippen LogP contribution in [-0.4, -0.2) is 26.9 Å². The molecule has 0 unspecified atom stereocenters. The topological polar surface area (TPSA) is 71.8 Å². The number of H-pyrrole nitrogens is 1. The van der Waals surface area contributed by atoms with E-state index in [1.807, 2.05) is 24.3 Å². The predicted molar refractivity (Wildman–Crippen MR) is 68.8 cm³/mol. The molecular formula is C10H11N3OS2. The van der Waals surface area contributed by atoms with Gasteiger partial charge < -0.3 is 10.7 Å². The van der Waals surface area contributed by atoms with Crippen molar-refractivity contribution in [2.45, 2.75) is 11.2 Å². The molecule has 0 spiro atoms. The fourth-order valence-electron chi connectivity index (χ4n) is 1.22. The molecule has 84 valence electrons. The number of nitrogens with two attached hydrogens (primary N) is 1. The maximum absolute atomic E-state index is 11.5. The quantitative estimate of drug-likeness (QED) is 0.572. The van der Waals surface area contributed by atoms with Crippen molar-refractivity contribution in [2.24, 2.45) is 5.73 Å². The van der Waals surface area contributed by atoms with E-state index in [9.17, 15) is 4.79 Å². The van der Waals surface area contributed by atoms with E-state index in [0.717, 1.165) is 22.8 Å². The van der Waals surface area contributed by atoms with E-state index in [0.29, 0.717) is 10.9 Å². The molecule has 0 amide bonds. The van der Waals surface area contributed by atoms with Crippen molar-refractivity contribution in [3.05, 3.63) is 24.3 Å². The summed E-state index contributed by atoms with van der Waals surface area (Å²) < 4.78 is 0. The van der Waals surface area contributed by atoms with Crippen LogP contribution in [0.15, 0.2) is 29.4 Å². The molecule has 1 atom stereocenters. The smallest absolute Gasteiger partial charge is 0.214 e. The Morgan fingerprint density at radius 1 is 1.56 bits per heavy atom. The molecule has 0 bridgehead atoms. The number of aromatic amines is 1. The van der Waals surface area contributed by atoms with Gasteiger partial charge in [0.1, 0.15) is 0 Å². The Morgan fingerprint density at radius 2 is 2.31 bits per heavy atom. The molecule has 0 fully saturated rings. The van der Waals surface area contributed by atoms with Crippen LogP contribution in [0.5, 0.6) is 0 Å². The zero-order valence-corrected chi connectivity index (χ0v) is 10.1. The van der Waals surface area contributed by atoms with Gasteiger partial charge in [0.2, 0.25) is 5.12 Å². The highest BCUT2D eigenvalue weighted by Gasteiger charge is 2.15. The van der Waals surface area contributed by atoms with Gasteiger partial charge in [-0.05, 0) is 23.9 Å². The number of thiol groups is 1. The number of nitrogens with one attached hydrogen (secondary N) is 1. The van der Waals surface area contributed by atoms with Crippen LogP contribution in [0.3, 0.4) is 0 Å². The maximum atomic E-state index is 11.5. The standard InChI is InChI=1S/C10H11N3OS2/c11-6(5-15)9(14)16-10-12-7-3-1-2-4-8(7)13-10/h1-4,6,15H,5,11H2,(H,12,13)/t6-/m1/s1. The third kappa shape index (κ3) is 2.40. The van der Waals surface area contributed by atoms with E-state index in [-0.39, 0.29) is 5.12 Å². The lowest BCUT2D eigenvalue weighted by atomic mass is 10.3. The monoisotopic (exact) mass is 253 g/mol. The average molecular weight is 253 g/mol. The Hall–Kier alpha value is -0.980. The van der Waals surface area contributed by atoms with Crippen molar-refractivity contribution in [1.29, 1.82) is 0 Å². The van der Waals surface area contributed by atoms with Crippen molar-refractivity contribution >= 4 is 40.5 Å². The van der Waals surface area contributed by atoms with E-state index in [1.165, 1.54) is 0 Å². The number of aromatic nitrogens is 2. The van der Waals surface area contributed by atoms with E-state index in [4.69, 9.17) is 5.73 Å².